The Balaban J connectivity index is 2.08. The van der Waals surface area contributed by atoms with Crippen molar-refractivity contribution in [2.75, 3.05) is 11.9 Å². The first-order valence-electron chi connectivity index (χ1n) is 6.64. The minimum Gasteiger partial charge on any atom is -0.444 e. The van der Waals surface area contributed by atoms with E-state index in [4.69, 9.17) is 4.74 Å². The van der Waals surface area contributed by atoms with Crippen molar-refractivity contribution in [3.63, 3.8) is 0 Å². The van der Waals surface area contributed by atoms with Crippen LogP contribution in [-0.4, -0.2) is 18.9 Å². The Labute approximate surface area is 124 Å². The maximum absolute atomic E-state index is 12.1. The minimum absolute atomic E-state index is 0.0895. The molecule has 1 amide bonds. The standard InChI is InChI=1S/C17H17NO3/c1-13(19)15-10-6-7-11-16(15)18(2)17(20)21-12-14-8-4-3-5-9-14/h3-11H,12H2,1-2H3. The molecule has 4 heteroatoms. The van der Waals surface area contributed by atoms with Crippen LogP contribution in [0.25, 0.3) is 0 Å². The van der Waals surface area contributed by atoms with Crippen molar-refractivity contribution in [2.45, 2.75) is 13.5 Å². The average molecular weight is 283 g/mol. The number of ketones is 1. The molecule has 0 aliphatic rings. The molecule has 0 aliphatic carbocycles. The molecule has 108 valence electrons. The molecular weight excluding hydrogens is 266 g/mol. The summed E-state index contributed by atoms with van der Waals surface area (Å²) in [5, 5.41) is 0. The minimum atomic E-state index is -0.493. The number of anilines is 1. The van der Waals surface area contributed by atoms with Gasteiger partial charge in [-0.05, 0) is 24.6 Å². The van der Waals surface area contributed by atoms with Crippen LogP contribution >= 0.6 is 0 Å². The van der Waals surface area contributed by atoms with Crippen LogP contribution in [0.4, 0.5) is 10.5 Å². The molecule has 0 aromatic heterocycles. The van der Waals surface area contributed by atoms with Crippen molar-refractivity contribution in [3.05, 3.63) is 65.7 Å². The Hall–Kier alpha value is -2.62. The second kappa shape index (κ2) is 6.70. The molecule has 4 nitrogen and oxygen atoms in total. The van der Waals surface area contributed by atoms with Crippen LogP contribution in [0.15, 0.2) is 54.6 Å². The van der Waals surface area contributed by atoms with Gasteiger partial charge in [0.15, 0.2) is 5.78 Å². The first-order valence-corrected chi connectivity index (χ1v) is 6.64. The lowest BCUT2D eigenvalue weighted by atomic mass is 10.1. The molecule has 0 saturated carbocycles. The molecule has 2 aromatic rings. The second-order valence-corrected chi connectivity index (χ2v) is 4.67. The zero-order valence-corrected chi connectivity index (χ0v) is 12.1. The summed E-state index contributed by atoms with van der Waals surface area (Å²) in [4.78, 5) is 25.0. The Morgan fingerprint density at radius 3 is 2.29 bits per heavy atom. The smallest absolute Gasteiger partial charge is 0.414 e. The Bertz CT molecular complexity index is 637. The maximum Gasteiger partial charge on any atom is 0.414 e. The van der Waals surface area contributed by atoms with E-state index < -0.39 is 6.09 Å². The van der Waals surface area contributed by atoms with Crippen molar-refractivity contribution in [2.24, 2.45) is 0 Å². The summed E-state index contributed by atoms with van der Waals surface area (Å²) in [6, 6.07) is 16.4. The van der Waals surface area contributed by atoms with E-state index in [1.807, 2.05) is 30.3 Å². The van der Waals surface area contributed by atoms with Crippen LogP contribution in [0.1, 0.15) is 22.8 Å². The number of para-hydroxylation sites is 1. The second-order valence-electron chi connectivity index (χ2n) is 4.67. The molecule has 0 saturated heterocycles. The summed E-state index contributed by atoms with van der Waals surface area (Å²) in [5.74, 6) is -0.0895. The molecule has 0 atom stereocenters. The van der Waals surface area contributed by atoms with Gasteiger partial charge in [-0.25, -0.2) is 4.79 Å². The van der Waals surface area contributed by atoms with Gasteiger partial charge in [0, 0.05) is 12.6 Å². The first kappa shape index (κ1) is 14.8. The number of carbonyl (C=O) groups excluding carboxylic acids is 2. The highest BCUT2D eigenvalue weighted by molar-refractivity contribution is 6.03. The van der Waals surface area contributed by atoms with Crippen molar-refractivity contribution in [1.82, 2.24) is 0 Å². The number of hydrogen-bond donors (Lipinski definition) is 0. The normalized spacial score (nSPS) is 10.0. The fraction of sp³-hybridized carbons (Fsp3) is 0.176. The summed E-state index contributed by atoms with van der Waals surface area (Å²) in [5.41, 5.74) is 1.96. The van der Waals surface area contributed by atoms with Crippen molar-refractivity contribution >= 4 is 17.6 Å². The summed E-state index contributed by atoms with van der Waals surface area (Å²) >= 11 is 0. The van der Waals surface area contributed by atoms with Gasteiger partial charge < -0.3 is 4.74 Å². The summed E-state index contributed by atoms with van der Waals surface area (Å²) in [6.45, 7) is 1.67. The lowest BCUT2D eigenvalue weighted by Gasteiger charge is -2.19. The zero-order chi connectivity index (χ0) is 15.2. The van der Waals surface area contributed by atoms with Crippen LogP contribution in [0.3, 0.4) is 0 Å². The van der Waals surface area contributed by atoms with Gasteiger partial charge >= 0.3 is 6.09 Å². The Kier molecular flexibility index (Phi) is 4.72. The van der Waals surface area contributed by atoms with E-state index in [-0.39, 0.29) is 12.4 Å². The molecule has 0 spiro atoms. The highest BCUT2D eigenvalue weighted by Gasteiger charge is 2.17. The molecule has 0 heterocycles. The van der Waals surface area contributed by atoms with Gasteiger partial charge in [0.2, 0.25) is 0 Å². The molecule has 2 aromatic carbocycles. The highest BCUT2D eigenvalue weighted by atomic mass is 16.6. The number of amides is 1. The van der Waals surface area contributed by atoms with E-state index in [2.05, 4.69) is 0 Å². The van der Waals surface area contributed by atoms with Crippen LogP contribution in [0.2, 0.25) is 0 Å². The van der Waals surface area contributed by atoms with Gasteiger partial charge in [-0.15, -0.1) is 0 Å². The summed E-state index contributed by atoms with van der Waals surface area (Å²) in [7, 11) is 1.59. The van der Waals surface area contributed by atoms with E-state index in [9.17, 15) is 9.59 Å². The van der Waals surface area contributed by atoms with Gasteiger partial charge in [-0.2, -0.15) is 0 Å². The largest absolute Gasteiger partial charge is 0.444 e. The SMILES string of the molecule is CC(=O)c1ccccc1N(C)C(=O)OCc1ccccc1. The topological polar surface area (TPSA) is 46.6 Å². The van der Waals surface area contributed by atoms with Crippen LogP contribution in [0, 0.1) is 0 Å². The third-order valence-corrected chi connectivity index (χ3v) is 3.12. The van der Waals surface area contributed by atoms with Gasteiger partial charge in [0.1, 0.15) is 6.61 Å². The lowest BCUT2D eigenvalue weighted by Crippen LogP contribution is -2.28. The van der Waals surface area contributed by atoms with Crippen molar-refractivity contribution in [3.8, 4) is 0 Å². The average Bonchev–Trinajstić information content (AvgIpc) is 2.52. The number of ether oxygens (including phenoxy) is 1. The van der Waals surface area contributed by atoms with Gasteiger partial charge in [0.25, 0.3) is 0 Å². The number of benzene rings is 2. The molecule has 0 radical (unpaired) electrons. The molecule has 21 heavy (non-hydrogen) atoms. The highest BCUT2D eigenvalue weighted by Crippen LogP contribution is 2.20. The quantitative estimate of drug-likeness (QED) is 0.804. The molecule has 0 bridgehead atoms. The van der Waals surface area contributed by atoms with E-state index in [0.717, 1.165) is 5.56 Å². The predicted molar refractivity (Wildman–Crippen MR) is 81.5 cm³/mol. The van der Waals surface area contributed by atoms with Crippen molar-refractivity contribution in [1.29, 1.82) is 0 Å². The predicted octanol–water partition coefficient (Wildman–Crippen LogP) is 3.66. The molecule has 0 aliphatic heterocycles. The summed E-state index contributed by atoms with van der Waals surface area (Å²) in [6.07, 6.45) is -0.493. The van der Waals surface area contributed by atoms with Gasteiger partial charge in [-0.3, -0.25) is 9.69 Å². The van der Waals surface area contributed by atoms with Crippen molar-refractivity contribution < 1.29 is 14.3 Å². The van der Waals surface area contributed by atoms with Gasteiger partial charge in [0.05, 0.1) is 5.69 Å². The Morgan fingerprint density at radius 1 is 1.00 bits per heavy atom. The number of carbonyl (C=O) groups is 2. The number of Topliss-reactive ketones (excluding diaryl/α,β-unsaturated/α-hetero) is 1. The maximum atomic E-state index is 12.1. The van der Waals surface area contributed by atoms with Gasteiger partial charge in [-0.1, -0.05) is 42.5 Å². The monoisotopic (exact) mass is 283 g/mol. The number of nitrogens with zero attached hydrogens (tertiary/aromatic N) is 1. The van der Waals surface area contributed by atoms with E-state index in [1.165, 1.54) is 11.8 Å². The molecule has 2 rings (SSSR count). The molecular formula is C17H17NO3. The molecule has 0 unspecified atom stereocenters. The number of hydrogen-bond acceptors (Lipinski definition) is 3. The summed E-state index contributed by atoms with van der Waals surface area (Å²) < 4.78 is 5.25. The van der Waals surface area contributed by atoms with E-state index >= 15 is 0 Å². The third-order valence-electron chi connectivity index (χ3n) is 3.12. The van der Waals surface area contributed by atoms with Crippen LogP contribution < -0.4 is 4.90 Å². The molecule has 0 N–H and O–H groups in total. The Morgan fingerprint density at radius 2 is 1.62 bits per heavy atom. The van der Waals surface area contributed by atoms with E-state index in [1.54, 1.807) is 31.3 Å². The van der Waals surface area contributed by atoms with Crippen LogP contribution in [0.5, 0.6) is 0 Å². The lowest BCUT2D eigenvalue weighted by molar-refractivity contribution is 0.101. The third kappa shape index (κ3) is 3.69. The number of rotatable bonds is 4. The fourth-order valence-corrected chi connectivity index (χ4v) is 1.98. The fourth-order valence-electron chi connectivity index (χ4n) is 1.98. The van der Waals surface area contributed by atoms with E-state index in [0.29, 0.717) is 11.3 Å². The zero-order valence-electron chi connectivity index (χ0n) is 12.1. The first-order chi connectivity index (χ1) is 10.1. The molecule has 0 fully saturated rings. The van der Waals surface area contributed by atoms with Crippen LogP contribution in [-0.2, 0) is 11.3 Å².